The molecule has 3 aromatic rings. The number of para-hydroxylation sites is 1. The summed E-state index contributed by atoms with van der Waals surface area (Å²) in [6.07, 6.45) is 0. The van der Waals surface area contributed by atoms with Crippen LogP contribution in [0.25, 0.3) is 10.2 Å². The third-order valence-corrected chi connectivity index (χ3v) is 7.19. The van der Waals surface area contributed by atoms with Gasteiger partial charge in [0.1, 0.15) is 0 Å². The molecular formula is C18H20ClN2O3PS. The molecule has 138 valence electrons. The predicted molar refractivity (Wildman–Crippen MR) is 108 cm³/mol. The minimum absolute atomic E-state index is 0.281. The first-order valence-electron chi connectivity index (χ1n) is 8.32. The van der Waals surface area contributed by atoms with Gasteiger partial charge < -0.3 is 14.4 Å². The van der Waals surface area contributed by atoms with Crippen LogP contribution in [-0.4, -0.2) is 18.2 Å². The molecule has 1 N–H and O–H groups in total. The number of aromatic nitrogens is 1. The molecule has 0 fully saturated rings. The van der Waals surface area contributed by atoms with Crippen LogP contribution in [0.4, 0.5) is 5.13 Å². The molecule has 0 aliphatic rings. The molecule has 0 amide bonds. The van der Waals surface area contributed by atoms with Crippen LogP contribution in [0.5, 0.6) is 0 Å². The maximum absolute atomic E-state index is 13.5. The molecule has 0 aliphatic heterocycles. The van der Waals surface area contributed by atoms with Crippen LogP contribution < -0.4 is 5.32 Å². The van der Waals surface area contributed by atoms with Crippen molar-refractivity contribution in [2.75, 3.05) is 18.5 Å². The molecule has 0 saturated carbocycles. The maximum atomic E-state index is 13.5. The zero-order chi connectivity index (χ0) is 18.6. The Morgan fingerprint density at radius 1 is 1.12 bits per heavy atom. The van der Waals surface area contributed by atoms with E-state index in [4.69, 9.17) is 20.6 Å². The van der Waals surface area contributed by atoms with Crippen molar-refractivity contribution in [2.24, 2.45) is 0 Å². The monoisotopic (exact) mass is 410 g/mol. The zero-order valence-electron chi connectivity index (χ0n) is 14.5. The Hall–Kier alpha value is -1.43. The largest absolute Gasteiger partial charge is 0.357 e. The number of rotatable bonds is 8. The van der Waals surface area contributed by atoms with Crippen molar-refractivity contribution in [3.05, 3.63) is 59.1 Å². The van der Waals surface area contributed by atoms with Crippen molar-refractivity contribution in [3.63, 3.8) is 0 Å². The quantitative estimate of drug-likeness (QED) is 0.440. The van der Waals surface area contributed by atoms with Crippen molar-refractivity contribution in [2.45, 2.75) is 19.6 Å². The number of nitrogens with one attached hydrogen (secondary N) is 1. The van der Waals surface area contributed by atoms with Gasteiger partial charge in [0.05, 0.1) is 23.4 Å². The third kappa shape index (κ3) is 4.27. The van der Waals surface area contributed by atoms with Crippen LogP contribution in [0.2, 0.25) is 5.02 Å². The highest BCUT2D eigenvalue weighted by atomic mass is 35.5. The van der Waals surface area contributed by atoms with Crippen LogP contribution in [0, 0.1) is 0 Å². The first kappa shape index (κ1) is 19.3. The van der Waals surface area contributed by atoms with Gasteiger partial charge in [-0.3, -0.25) is 4.57 Å². The normalized spacial score (nSPS) is 13.0. The molecular weight excluding hydrogens is 391 g/mol. The van der Waals surface area contributed by atoms with E-state index in [0.717, 1.165) is 15.8 Å². The average Bonchev–Trinajstić information content (AvgIpc) is 3.03. The van der Waals surface area contributed by atoms with Crippen molar-refractivity contribution < 1.29 is 13.6 Å². The number of anilines is 1. The molecule has 1 heterocycles. The molecule has 0 bridgehead atoms. The Kier molecular flexibility index (Phi) is 6.33. The third-order valence-electron chi connectivity index (χ3n) is 3.67. The number of nitrogens with zero attached hydrogens (tertiary/aromatic N) is 1. The van der Waals surface area contributed by atoms with Crippen LogP contribution >= 0.6 is 30.5 Å². The minimum atomic E-state index is -3.46. The van der Waals surface area contributed by atoms with Crippen molar-refractivity contribution in [1.82, 2.24) is 4.98 Å². The lowest BCUT2D eigenvalue weighted by Gasteiger charge is -2.27. The molecule has 8 heteroatoms. The summed E-state index contributed by atoms with van der Waals surface area (Å²) in [4.78, 5) is 4.58. The summed E-state index contributed by atoms with van der Waals surface area (Å²) in [6, 6.07) is 15.0. The van der Waals surface area contributed by atoms with Gasteiger partial charge in [-0.05, 0) is 43.7 Å². The van der Waals surface area contributed by atoms with E-state index in [1.165, 1.54) is 11.3 Å². The predicted octanol–water partition coefficient (Wildman–Crippen LogP) is 6.33. The fourth-order valence-corrected chi connectivity index (χ4v) is 5.60. The smallest absolute Gasteiger partial charge is 0.344 e. The number of fused-ring (bicyclic) bond motifs is 1. The van der Waals surface area contributed by atoms with Gasteiger partial charge >= 0.3 is 7.60 Å². The summed E-state index contributed by atoms with van der Waals surface area (Å²) < 4.78 is 25.7. The lowest BCUT2D eigenvalue weighted by molar-refractivity contribution is 0.214. The van der Waals surface area contributed by atoms with Gasteiger partial charge in [-0.25, -0.2) is 4.98 Å². The van der Waals surface area contributed by atoms with Gasteiger partial charge in [-0.15, -0.1) is 0 Å². The van der Waals surface area contributed by atoms with E-state index in [2.05, 4.69) is 10.3 Å². The Labute approximate surface area is 161 Å². The summed E-state index contributed by atoms with van der Waals surface area (Å²) in [6.45, 7) is 4.15. The molecule has 0 spiro atoms. The Bertz CT molecular complexity index is 873. The number of benzene rings is 2. The second kappa shape index (κ2) is 8.51. The fourth-order valence-electron chi connectivity index (χ4n) is 2.59. The summed E-state index contributed by atoms with van der Waals surface area (Å²) in [7, 11) is -3.46. The summed E-state index contributed by atoms with van der Waals surface area (Å²) in [5.74, 6) is -0.680. The van der Waals surface area contributed by atoms with Crippen molar-refractivity contribution >= 4 is 45.9 Å². The lowest BCUT2D eigenvalue weighted by atomic mass is 10.2. The van der Waals surface area contributed by atoms with Gasteiger partial charge in [-0.2, -0.15) is 0 Å². The van der Waals surface area contributed by atoms with E-state index in [1.807, 2.05) is 36.4 Å². The van der Waals surface area contributed by atoms with Gasteiger partial charge in [0.2, 0.25) is 0 Å². The zero-order valence-corrected chi connectivity index (χ0v) is 17.0. The Morgan fingerprint density at radius 3 is 2.38 bits per heavy atom. The number of halogens is 1. The molecule has 2 aromatic carbocycles. The van der Waals surface area contributed by atoms with Crippen LogP contribution in [-0.2, 0) is 13.6 Å². The molecule has 0 radical (unpaired) electrons. The summed E-state index contributed by atoms with van der Waals surface area (Å²) >= 11 is 7.50. The Balaban J connectivity index is 2.01. The Morgan fingerprint density at radius 2 is 1.77 bits per heavy atom. The fraction of sp³-hybridized carbons (Fsp3) is 0.278. The molecule has 0 aliphatic carbocycles. The second-order valence-corrected chi connectivity index (χ2v) is 9.04. The van der Waals surface area contributed by atoms with E-state index < -0.39 is 13.4 Å². The molecule has 26 heavy (non-hydrogen) atoms. The van der Waals surface area contributed by atoms with E-state index in [1.54, 1.807) is 26.0 Å². The SMILES string of the molecule is CCOP(=O)(OCC)C(Nc1nc2ccccc2s1)c1ccc(Cl)cc1. The van der Waals surface area contributed by atoms with Crippen LogP contribution in [0.3, 0.4) is 0 Å². The average molecular weight is 411 g/mol. The van der Waals surface area contributed by atoms with Gasteiger partial charge in [0.15, 0.2) is 10.9 Å². The van der Waals surface area contributed by atoms with Crippen LogP contribution in [0.15, 0.2) is 48.5 Å². The highest BCUT2D eigenvalue weighted by Crippen LogP contribution is 2.61. The van der Waals surface area contributed by atoms with E-state index in [-0.39, 0.29) is 13.2 Å². The second-order valence-electron chi connectivity index (χ2n) is 5.46. The van der Waals surface area contributed by atoms with E-state index in [9.17, 15) is 4.57 Å². The van der Waals surface area contributed by atoms with Crippen molar-refractivity contribution in [3.8, 4) is 0 Å². The van der Waals surface area contributed by atoms with E-state index >= 15 is 0 Å². The molecule has 3 rings (SSSR count). The van der Waals surface area contributed by atoms with Gasteiger partial charge in [0.25, 0.3) is 0 Å². The van der Waals surface area contributed by atoms with Gasteiger partial charge in [-0.1, -0.05) is 47.2 Å². The first-order chi connectivity index (χ1) is 12.6. The minimum Gasteiger partial charge on any atom is -0.344 e. The molecule has 0 saturated heterocycles. The van der Waals surface area contributed by atoms with Gasteiger partial charge in [0, 0.05) is 5.02 Å². The van der Waals surface area contributed by atoms with Crippen molar-refractivity contribution in [1.29, 1.82) is 0 Å². The van der Waals surface area contributed by atoms with Crippen LogP contribution in [0.1, 0.15) is 25.2 Å². The molecule has 1 aromatic heterocycles. The maximum Gasteiger partial charge on any atom is 0.357 e. The van der Waals surface area contributed by atoms with E-state index in [0.29, 0.717) is 10.2 Å². The molecule has 1 unspecified atom stereocenters. The number of hydrogen-bond donors (Lipinski definition) is 1. The first-order valence-corrected chi connectivity index (χ1v) is 11.1. The lowest BCUT2D eigenvalue weighted by Crippen LogP contribution is -2.15. The highest BCUT2D eigenvalue weighted by Gasteiger charge is 2.37. The topological polar surface area (TPSA) is 60.5 Å². The summed E-state index contributed by atoms with van der Waals surface area (Å²) in [5, 5.41) is 4.53. The standard InChI is InChI=1S/C18H20ClN2O3PS/c1-3-23-25(22,24-4-2)17(13-9-11-14(19)12-10-13)21-18-20-15-7-5-6-8-16(15)26-18/h5-12,17H,3-4H2,1-2H3,(H,20,21). The molecule has 1 atom stereocenters. The molecule has 5 nitrogen and oxygen atoms in total. The highest BCUT2D eigenvalue weighted by molar-refractivity contribution is 7.54. The number of hydrogen-bond acceptors (Lipinski definition) is 6. The number of thiazole rings is 1. The summed E-state index contributed by atoms with van der Waals surface area (Å²) in [5.41, 5.74) is 1.65.